The van der Waals surface area contributed by atoms with E-state index in [0.29, 0.717) is 17.9 Å². The molecule has 0 bridgehead atoms. The van der Waals surface area contributed by atoms with Crippen LogP contribution in [0.3, 0.4) is 0 Å². The molecule has 28 heavy (non-hydrogen) atoms. The lowest BCUT2D eigenvalue weighted by molar-refractivity contribution is -0.124. The highest BCUT2D eigenvalue weighted by Crippen LogP contribution is 2.42. The molecule has 0 spiro atoms. The normalized spacial score (nSPS) is 19.0. The fourth-order valence-electron chi connectivity index (χ4n) is 3.25. The summed E-state index contributed by atoms with van der Waals surface area (Å²) < 4.78 is 18.4. The molecule has 3 rings (SSSR count). The third-order valence-electron chi connectivity index (χ3n) is 4.79. The van der Waals surface area contributed by atoms with E-state index in [2.05, 4.69) is 12.2 Å². The van der Waals surface area contributed by atoms with Crippen molar-refractivity contribution in [1.29, 1.82) is 0 Å². The topological polar surface area (TPSA) is 62.6 Å². The standard InChI is InChI=1S/C21H25FN2O3S/c1-2-3-4-5-11-23-19(25)18-14-28-21(16-10-12-27-13-16)24(18)20(26)15-6-8-17(22)9-7-15/h6-10,12-13,18,21H,2-5,11,14H2,1H3,(H,23,25)/t18-,21+/m0/s1. The molecule has 1 fully saturated rings. The summed E-state index contributed by atoms with van der Waals surface area (Å²) in [6, 6.07) is 6.64. The maximum Gasteiger partial charge on any atom is 0.255 e. The Kier molecular flexibility index (Phi) is 7.14. The van der Waals surface area contributed by atoms with Crippen LogP contribution in [0, 0.1) is 5.82 Å². The van der Waals surface area contributed by atoms with Crippen LogP contribution in [0.4, 0.5) is 4.39 Å². The predicted molar refractivity (Wildman–Crippen MR) is 107 cm³/mol. The number of rotatable bonds is 8. The number of hydrogen-bond acceptors (Lipinski definition) is 4. The minimum absolute atomic E-state index is 0.148. The van der Waals surface area contributed by atoms with Crippen LogP contribution in [-0.4, -0.2) is 35.1 Å². The van der Waals surface area contributed by atoms with Crippen LogP contribution in [0.5, 0.6) is 0 Å². The number of unbranched alkanes of at least 4 members (excludes halogenated alkanes) is 3. The molecule has 1 aliphatic rings. The summed E-state index contributed by atoms with van der Waals surface area (Å²) in [4.78, 5) is 27.6. The van der Waals surface area contributed by atoms with E-state index in [1.165, 1.54) is 36.0 Å². The van der Waals surface area contributed by atoms with Gasteiger partial charge in [0.15, 0.2) is 0 Å². The molecule has 150 valence electrons. The van der Waals surface area contributed by atoms with E-state index in [1.807, 2.05) is 0 Å². The van der Waals surface area contributed by atoms with Gasteiger partial charge < -0.3 is 14.6 Å². The van der Waals surface area contributed by atoms with Crippen molar-refractivity contribution in [2.45, 2.75) is 44.0 Å². The van der Waals surface area contributed by atoms with Crippen molar-refractivity contribution in [3.63, 3.8) is 0 Å². The van der Waals surface area contributed by atoms with Gasteiger partial charge in [-0.05, 0) is 36.8 Å². The molecule has 5 nitrogen and oxygen atoms in total. The minimum Gasteiger partial charge on any atom is -0.472 e. The van der Waals surface area contributed by atoms with E-state index in [0.717, 1.165) is 31.2 Å². The average molecular weight is 405 g/mol. The zero-order chi connectivity index (χ0) is 19.9. The van der Waals surface area contributed by atoms with Gasteiger partial charge >= 0.3 is 0 Å². The first kappa shape index (κ1) is 20.5. The monoisotopic (exact) mass is 404 g/mol. The SMILES string of the molecule is CCCCCCNC(=O)[C@@H]1CS[C@H](c2ccoc2)N1C(=O)c1ccc(F)cc1. The Morgan fingerprint density at radius 1 is 1.21 bits per heavy atom. The molecule has 0 aliphatic carbocycles. The van der Waals surface area contributed by atoms with Crippen LogP contribution in [-0.2, 0) is 4.79 Å². The number of amides is 2. The van der Waals surface area contributed by atoms with E-state index in [4.69, 9.17) is 4.42 Å². The number of halogens is 1. The van der Waals surface area contributed by atoms with Crippen LogP contribution in [0.2, 0.25) is 0 Å². The van der Waals surface area contributed by atoms with Crippen molar-refractivity contribution in [2.75, 3.05) is 12.3 Å². The maximum absolute atomic E-state index is 13.3. The summed E-state index contributed by atoms with van der Waals surface area (Å²) in [5, 5.41) is 2.65. The number of thioether (sulfide) groups is 1. The highest BCUT2D eigenvalue weighted by atomic mass is 32.2. The molecule has 1 N–H and O–H groups in total. The van der Waals surface area contributed by atoms with Crippen molar-refractivity contribution in [1.82, 2.24) is 10.2 Å². The Morgan fingerprint density at radius 3 is 2.68 bits per heavy atom. The summed E-state index contributed by atoms with van der Waals surface area (Å²) >= 11 is 1.53. The van der Waals surface area contributed by atoms with Gasteiger partial charge in [0, 0.05) is 23.4 Å². The summed E-state index contributed by atoms with van der Waals surface area (Å²) in [6.07, 6.45) is 7.43. The molecular formula is C21H25FN2O3S. The Balaban J connectivity index is 1.75. The number of benzene rings is 1. The molecule has 2 atom stereocenters. The second-order valence-electron chi connectivity index (χ2n) is 6.83. The van der Waals surface area contributed by atoms with Crippen molar-refractivity contribution in [2.24, 2.45) is 0 Å². The van der Waals surface area contributed by atoms with Gasteiger partial charge in [-0.3, -0.25) is 9.59 Å². The molecule has 1 aromatic heterocycles. The summed E-state index contributed by atoms with van der Waals surface area (Å²) in [7, 11) is 0. The van der Waals surface area contributed by atoms with E-state index >= 15 is 0 Å². The molecule has 7 heteroatoms. The van der Waals surface area contributed by atoms with Crippen LogP contribution >= 0.6 is 11.8 Å². The quantitative estimate of drug-likeness (QED) is 0.664. The lowest BCUT2D eigenvalue weighted by Gasteiger charge is -2.28. The molecule has 0 radical (unpaired) electrons. The van der Waals surface area contributed by atoms with Gasteiger partial charge in [-0.1, -0.05) is 26.2 Å². The zero-order valence-electron chi connectivity index (χ0n) is 15.9. The molecular weight excluding hydrogens is 379 g/mol. The third-order valence-corrected chi connectivity index (χ3v) is 6.11. The van der Waals surface area contributed by atoms with E-state index in [9.17, 15) is 14.0 Å². The van der Waals surface area contributed by atoms with Gasteiger partial charge in [-0.2, -0.15) is 0 Å². The van der Waals surface area contributed by atoms with Crippen LogP contribution < -0.4 is 5.32 Å². The molecule has 2 aromatic rings. The molecule has 2 heterocycles. The number of carbonyl (C=O) groups excluding carboxylic acids is 2. The van der Waals surface area contributed by atoms with Crippen molar-refractivity contribution in [3.05, 3.63) is 59.8 Å². The first-order valence-corrected chi connectivity index (χ1v) is 10.7. The minimum atomic E-state index is -0.575. The molecule has 0 saturated carbocycles. The van der Waals surface area contributed by atoms with Crippen molar-refractivity contribution in [3.8, 4) is 0 Å². The number of hydrogen-bond donors (Lipinski definition) is 1. The molecule has 1 aromatic carbocycles. The summed E-state index contributed by atoms with van der Waals surface area (Å²) in [6.45, 7) is 2.75. The number of furan rings is 1. The highest BCUT2D eigenvalue weighted by molar-refractivity contribution is 7.99. The van der Waals surface area contributed by atoms with E-state index < -0.39 is 11.9 Å². The van der Waals surface area contributed by atoms with Gasteiger partial charge in [0.2, 0.25) is 5.91 Å². The van der Waals surface area contributed by atoms with E-state index in [1.54, 1.807) is 23.5 Å². The van der Waals surface area contributed by atoms with Crippen LogP contribution in [0.15, 0.2) is 47.3 Å². The number of carbonyl (C=O) groups is 2. The summed E-state index contributed by atoms with van der Waals surface area (Å²) in [5.74, 6) is -0.336. The maximum atomic E-state index is 13.3. The molecule has 2 amide bonds. The number of nitrogens with zero attached hydrogens (tertiary/aromatic N) is 1. The van der Waals surface area contributed by atoms with Crippen molar-refractivity contribution >= 4 is 23.6 Å². The largest absolute Gasteiger partial charge is 0.472 e. The third kappa shape index (κ3) is 4.76. The lowest BCUT2D eigenvalue weighted by atomic mass is 10.1. The first-order chi connectivity index (χ1) is 13.6. The van der Waals surface area contributed by atoms with Gasteiger partial charge in [-0.25, -0.2) is 4.39 Å². The molecule has 1 saturated heterocycles. The Bertz CT molecular complexity index is 779. The zero-order valence-corrected chi connectivity index (χ0v) is 16.7. The Morgan fingerprint density at radius 2 is 2.00 bits per heavy atom. The number of nitrogens with one attached hydrogen (secondary N) is 1. The van der Waals surface area contributed by atoms with Crippen LogP contribution in [0.25, 0.3) is 0 Å². The van der Waals surface area contributed by atoms with Gasteiger partial charge in [0.25, 0.3) is 5.91 Å². The average Bonchev–Trinajstić information content (AvgIpc) is 3.37. The fraction of sp³-hybridized carbons (Fsp3) is 0.429. The van der Waals surface area contributed by atoms with Gasteiger partial charge in [-0.15, -0.1) is 11.8 Å². The molecule has 0 unspecified atom stereocenters. The first-order valence-electron chi connectivity index (χ1n) is 9.61. The van der Waals surface area contributed by atoms with Gasteiger partial charge in [0.05, 0.1) is 12.5 Å². The van der Waals surface area contributed by atoms with Crippen LogP contribution in [0.1, 0.15) is 53.9 Å². The summed E-state index contributed by atoms with van der Waals surface area (Å²) in [5.41, 5.74) is 1.19. The smallest absolute Gasteiger partial charge is 0.255 e. The van der Waals surface area contributed by atoms with Crippen molar-refractivity contribution < 1.29 is 18.4 Å². The second kappa shape index (κ2) is 9.78. The fourth-order valence-corrected chi connectivity index (χ4v) is 4.66. The van der Waals surface area contributed by atoms with E-state index in [-0.39, 0.29) is 17.2 Å². The Labute approximate surface area is 168 Å². The molecule has 1 aliphatic heterocycles. The lowest BCUT2D eigenvalue weighted by Crippen LogP contribution is -2.48. The highest BCUT2D eigenvalue weighted by Gasteiger charge is 2.42. The second-order valence-corrected chi connectivity index (χ2v) is 7.94. The Hall–Kier alpha value is -2.28. The predicted octanol–water partition coefficient (Wildman–Crippen LogP) is 4.37. The van der Waals surface area contributed by atoms with Gasteiger partial charge in [0.1, 0.15) is 17.2 Å².